The van der Waals surface area contributed by atoms with E-state index < -0.39 is 0 Å². The molecule has 23 heavy (non-hydrogen) atoms. The van der Waals surface area contributed by atoms with Gasteiger partial charge in [-0.25, -0.2) is 4.98 Å². The van der Waals surface area contributed by atoms with Crippen LogP contribution in [-0.2, 0) is 11.3 Å². The summed E-state index contributed by atoms with van der Waals surface area (Å²) in [6.07, 6.45) is 1.58. The zero-order chi connectivity index (χ0) is 14.4. The molecule has 0 atom stereocenters. The van der Waals surface area contributed by atoms with Gasteiger partial charge in [0.2, 0.25) is 5.91 Å². The average molecular weight is 406 g/mol. The molecule has 1 saturated heterocycles. The number of hydrogen-bond donors (Lipinski definition) is 1. The summed E-state index contributed by atoms with van der Waals surface area (Å²) in [6.45, 7) is 7.46. The van der Waals surface area contributed by atoms with Crippen molar-refractivity contribution in [1.29, 1.82) is 0 Å². The van der Waals surface area contributed by atoms with E-state index in [4.69, 9.17) is 0 Å². The number of thiazole rings is 1. The van der Waals surface area contributed by atoms with Crippen molar-refractivity contribution in [3.8, 4) is 0 Å². The third kappa shape index (κ3) is 8.52. The smallest absolute Gasteiger partial charge is 0.222 e. The van der Waals surface area contributed by atoms with Crippen LogP contribution in [0.3, 0.4) is 0 Å². The molecule has 0 bridgehead atoms. The second-order valence-electron chi connectivity index (χ2n) is 5.22. The molecule has 9 heteroatoms. The van der Waals surface area contributed by atoms with Crippen LogP contribution in [-0.4, -0.2) is 60.5 Å². The fourth-order valence-electron chi connectivity index (χ4n) is 2.44. The molecule has 1 amide bonds. The quantitative estimate of drug-likeness (QED) is 0.738. The standard InChI is InChI=1S/C14H24N4OS.3ClH/c1-12-16-13(11-20-12)10-17-6-8-18(9-7-17)14(19)4-3-5-15-2;;;/h11,15H,3-10H2,1-2H3;3*1H. The van der Waals surface area contributed by atoms with Crippen LogP contribution in [0, 0.1) is 6.92 Å². The van der Waals surface area contributed by atoms with E-state index >= 15 is 0 Å². The van der Waals surface area contributed by atoms with Crippen LogP contribution >= 0.6 is 48.6 Å². The first-order valence-corrected chi connectivity index (χ1v) is 8.12. The number of aryl methyl sites for hydroxylation is 1. The fourth-order valence-corrected chi connectivity index (χ4v) is 3.04. The van der Waals surface area contributed by atoms with Gasteiger partial charge in [-0.05, 0) is 26.9 Å². The van der Waals surface area contributed by atoms with Gasteiger partial charge in [0.1, 0.15) is 0 Å². The Morgan fingerprint density at radius 2 is 1.91 bits per heavy atom. The summed E-state index contributed by atoms with van der Waals surface area (Å²) in [5, 5.41) is 6.33. The molecule has 0 unspecified atom stereocenters. The number of amides is 1. The number of nitrogens with one attached hydrogen (secondary N) is 1. The van der Waals surface area contributed by atoms with Crippen molar-refractivity contribution in [3.63, 3.8) is 0 Å². The first kappa shape index (κ1) is 25.1. The largest absolute Gasteiger partial charge is 0.340 e. The molecular formula is C14H27Cl3N4OS. The van der Waals surface area contributed by atoms with Crippen LogP contribution in [0.2, 0.25) is 0 Å². The highest BCUT2D eigenvalue weighted by Crippen LogP contribution is 2.12. The summed E-state index contributed by atoms with van der Waals surface area (Å²) < 4.78 is 0. The molecular weight excluding hydrogens is 379 g/mol. The highest BCUT2D eigenvalue weighted by atomic mass is 35.5. The Hall–Kier alpha value is -0.110. The van der Waals surface area contributed by atoms with E-state index in [0.29, 0.717) is 12.3 Å². The summed E-state index contributed by atoms with van der Waals surface area (Å²) in [6, 6.07) is 0. The van der Waals surface area contributed by atoms with Crippen molar-refractivity contribution in [2.75, 3.05) is 39.8 Å². The second-order valence-corrected chi connectivity index (χ2v) is 6.28. The van der Waals surface area contributed by atoms with Gasteiger partial charge in [-0.3, -0.25) is 9.69 Å². The van der Waals surface area contributed by atoms with Gasteiger partial charge in [0.05, 0.1) is 10.7 Å². The van der Waals surface area contributed by atoms with E-state index in [-0.39, 0.29) is 37.2 Å². The van der Waals surface area contributed by atoms with Crippen LogP contribution < -0.4 is 5.32 Å². The zero-order valence-corrected chi connectivity index (χ0v) is 16.9. The molecule has 0 radical (unpaired) electrons. The number of rotatable bonds is 6. The Labute approximate surface area is 161 Å². The van der Waals surface area contributed by atoms with E-state index in [1.807, 2.05) is 18.9 Å². The van der Waals surface area contributed by atoms with Crippen molar-refractivity contribution in [3.05, 3.63) is 16.1 Å². The van der Waals surface area contributed by atoms with Crippen molar-refractivity contribution in [2.45, 2.75) is 26.3 Å². The van der Waals surface area contributed by atoms with E-state index in [1.165, 1.54) is 0 Å². The van der Waals surface area contributed by atoms with Gasteiger partial charge in [0, 0.05) is 44.5 Å². The van der Waals surface area contributed by atoms with Gasteiger partial charge in [-0.2, -0.15) is 0 Å². The number of carbonyl (C=O) groups is 1. The number of nitrogens with zero attached hydrogens (tertiary/aromatic N) is 3. The highest BCUT2D eigenvalue weighted by molar-refractivity contribution is 7.09. The average Bonchev–Trinajstić information content (AvgIpc) is 2.85. The van der Waals surface area contributed by atoms with Gasteiger partial charge in [-0.1, -0.05) is 0 Å². The topological polar surface area (TPSA) is 48.5 Å². The molecule has 2 heterocycles. The minimum atomic E-state index is 0. The van der Waals surface area contributed by atoms with Gasteiger partial charge in [0.25, 0.3) is 0 Å². The Morgan fingerprint density at radius 1 is 1.26 bits per heavy atom. The molecule has 0 aromatic carbocycles. The van der Waals surface area contributed by atoms with Gasteiger partial charge >= 0.3 is 0 Å². The molecule has 1 fully saturated rings. The van der Waals surface area contributed by atoms with Gasteiger partial charge < -0.3 is 10.2 Å². The Morgan fingerprint density at radius 3 is 2.43 bits per heavy atom. The second kappa shape index (κ2) is 13.2. The maximum atomic E-state index is 12.0. The minimum absolute atomic E-state index is 0. The molecule has 136 valence electrons. The van der Waals surface area contributed by atoms with Crippen LogP contribution in [0.1, 0.15) is 23.5 Å². The highest BCUT2D eigenvalue weighted by Gasteiger charge is 2.21. The molecule has 2 rings (SSSR count). The first-order valence-electron chi connectivity index (χ1n) is 7.25. The number of aromatic nitrogens is 1. The number of carbonyl (C=O) groups excluding carboxylic acids is 1. The Kier molecular flexibility index (Phi) is 14.4. The van der Waals surface area contributed by atoms with E-state index in [9.17, 15) is 4.79 Å². The third-order valence-corrected chi connectivity index (χ3v) is 4.42. The lowest BCUT2D eigenvalue weighted by Gasteiger charge is -2.34. The summed E-state index contributed by atoms with van der Waals surface area (Å²) in [5.41, 5.74) is 1.15. The van der Waals surface area contributed by atoms with E-state index in [1.54, 1.807) is 11.3 Å². The van der Waals surface area contributed by atoms with E-state index in [2.05, 4.69) is 20.6 Å². The van der Waals surface area contributed by atoms with E-state index in [0.717, 1.165) is 56.4 Å². The number of hydrogen-bond acceptors (Lipinski definition) is 5. The van der Waals surface area contributed by atoms with Crippen LogP contribution in [0.25, 0.3) is 0 Å². The first-order chi connectivity index (χ1) is 9.69. The normalized spacial score (nSPS) is 14.4. The minimum Gasteiger partial charge on any atom is -0.340 e. The van der Waals surface area contributed by atoms with Gasteiger partial charge in [0.15, 0.2) is 0 Å². The van der Waals surface area contributed by atoms with Crippen molar-refractivity contribution >= 4 is 54.5 Å². The molecule has 0 saturated carbocycles. The predicted octanol–water partition coefficient (Wildman–Crippen LogP) is 2.36. The Balaban J connectivity index is 0. The zero-order valence-electron chi connectivity index (χ0n) is 13.6. The number of halogens is 3. The SMILES string of the molecule is CNCCCC(=O)N1CCN(Cc2csc(C)n2)CC1.Cl.Cl.Cl. The predicted molar refractivity (Wildman–Crippen MR) is 104 cm³/mol. The lowest BCUT2D eigenvalue weighted by atomic mass is 10.2. The van der Waals surface area contributed by atoms with Crippen LogP contribution in [0.4, 0.5) is 0 Å². The molecule has 1 aliphatic rings. The maximum absolute atomic E-state index is 12.0. The van der Waals surface area contributed by atoms with Gasteiger partial charge in [-0.15, -0.1) is 48.6 Å². The summed E-state index contributed by atoms with van der Waals surface area (Å²) >= 11 is 1.70. The molecule has 1 aromatic rings. The van der Waals surface area contributed by atoms with Crippen LogP contribution in [0.5, 0.6) is 0 Å². The number of piperazine rings is 1. The molecule has 0 aliphatic carbocycles. The summed E-state index contributed by atoms with van der Waals surface area (Å²) in [4.78, 5) is 20.9. The lowest BCUT2D eigenvalue weighted by molar-refractivity contribution is -0.133. The van der Waals surface area contributed by atoms with Crippen LogP contribution in [0.15, 0.2) is 5.38 Å². The monoisotopic (exact) mass is 404 g/mol. The third-order valence-electron chi connectivity index (χ3n) is 3.59. The molecule has 0 spiro atoms. The Bertz CT molecular complexity index is 439. The lowest BCUT2D eigenvalue weighted by Crippen LogP contribution is -2.48. The van der Waals surface area contributed by atoms with Crippen molar-refractivity contribution < 1.29 is 4.79 Å². The molecule has 1 aliphatic heterocycles. The summed E-state index contributed by atoms with van der Waals surface area (Å²) in [5.74, 6) is 0.296. The van der Waals surface area contributed by atoms with Crippen molar-refractivity contribution in [1.82, 2.24) is 20.1 Å². The summed E-state index contributed by atoms with van der Waals surface area (Å²) in [7, 11) is 1.92. The molecule has 1 N–H and O–H groups in total. The fraction of sp³-hybridized carbons (Fsp3) is 0.714. The maximum Gasteiger partial charge on any atom is 0.222 e. The molecule has 1 aromatic heterocycles. The molecule has 5 nitrogen and oxygen atoms in total. The van der Waals surface area contributed by atoms with Crippen molar-refractivity contribution in [2.24, 2.45) is 0 Å².